The third kappa shape index (κ3) is 2.16. The van der Waals surface area contributed by atoms with Crippen LogP contribution in [-0.2, 0) is 0 Å². The predicted octanol–water partition coefficient (Wildman–Crippen LogP) is 3.20. The van der Waals surface area contributed by atoms with Crippen LogP contribution in [0.15, 0.2) is 45.9 Å². The van der Waals surface area contributed by atoms with Gasteiger partial charge in [-0.25, -0.2) is 9.98 Å². The van der Waals surface area contributed by atoms with E-state index in [9.17, 15) is 0 Å². The minimum atomic E-state index is -0.849. The van der Waals surface area contributed by atoms with Gasteiger partial charge in [-0.2, -0.15) is 0 Å². The van der Waals surface area contributed by atoms with Crippen LogP contribution in [-0.4, -0.2) is 17.5 Å². The van der Waals surface area contributed by atoms with Gasteiger partial charge in [-0.3, -0.25) is 0 Å². The maximum atomic E-state index is 8.22. The Morgan fingerprint density at radius 2 is 2.29 bits per heavy atom. The average Bonchev–Trinajstić information content (AvgIpc) is 2.97. The number of nitrogens with one attached hydrogen (secondary N) is 2. The molecule has 0 saturated carbocycles. The zero-order chi connectivity index (χ0) is 15.3. The molecule has 1 unspecified atom stereocenters. The van der Waals surface area contributed by atoms with Crippen LogP contribution in [0.1, 0.15) is 1.37 Å². The predicted molar refractivity (Wildman–Crippen MR) is 87.7 cm³/mol. The van der Waals surface area contributed by atoms with Crippen molar-refractivity contribution in [2.75, 3.05) is 11.5 Å². The first kappa shape index (κ1) is 11.9. The number of benzene rings is 1. The minimum absolute atomic E-state index is 0.431. The number of amidine groups is 1. The molecule has 1 aromatic carbocycles. The molecule has 2 aliphatic heterocycles. The van der Waals surface area contributed by atoms with Crippen molar-refractivity contribution in [2.24, 2.45) is 4.99 Å². The summed E-state index contributed by atoms with van der Waals surface area (Å²) in [6, 6.07) is 3.74. The Kier molecular flexibility index (Phi) is 2.77. The molecule has 3 heterocycles. The second-order valence-corrected chi connectivity index (χ2v) is 6.04. The van der Waals surface area contributed by atoms with Crippen LogP contribution < -0.4 is 15.5 Å². The second kappa shape index (κ2) is 4.91. The molecule has 0 aliphatic carbocycles. The number of hydrogen-bond acceptors (Lipinski definition) is 6. The summed E-state index contributed by atoms with van der Waals surface area (Å²) in [4.78, 5) is 10.2. The standard InChI is InChI=1S/C13H9Cl2N5S/c14-10-3-16-8-4-20(5-17-13(8)19-10)9-2-1-7-12(11(9)15)21-6-18-7/h1-4,6,16H,5H2,(H,17,19)/i5D. The zero-order valence-corrected chi connectivity index (χ0v) is 12.8. The van der Waals surface area contributed by atoms with Crippen LogP contribution in [0.4, 0.5) is 5.69 Å². The van der Waals surface area contributed by atoms with Gasteiger partial charge in [0, 0.05) is 12.4 Å². The maximum absolute atomic E-state index is 8.22. The Labute approximate surface area is 136 Å². The molecule has 21 heavy (non-hydrogen) atoms. The Hall–Kier alpha value is -1.76. The average molecular weight is 339 g/mol. The minimum Gasteiger partial charge on any atom is -0.355 e. The van der Waals surface area contributed by atoms with Gasteiger partial charge in [-0.15, -0.1) is 11.3 Å². The number of anilines is 1. The lowest BCUT2D eigenvalue weighted by Crippen LogP contribution is -2.39. The van der Waals surface area contributed by atoms with Crippen LogP contribution in [0.5, 0.6) is 0 Å². The number of aromatic nitrogens is 1. The first-order chi connectivity index (χ1) is 10.6. The summed E-state index contributed by atoms with van der Waals surface area (Å²) in [5.74, 6) is 0.541. The molecule has 106 valence electrons. The number of nitrogens with zero attached hydrogens (tertiary/aromatic N) is 3. The lowest BCUT2D eigenvalue weighted by atomic mass is 10.2. The summed E-state index contributed by atoms with van der Waals surface area (Å²) in [6.07, 6.45) is 3.42. The lowest BCUT2D eigenvalue weighted by molar-refractivity contribution is 0.886. The highest BCUT2D eigenvalue weighted by Gasteiger charge is 2.21. The monoisotopic (exact) mass is 338 g/mol. The van der Waals surface area contributed by atoms with E-state index in [1.165, 1.54) is 11.3 Å². The van der Waals surface area contributed by atoms with Gasteiger partial charge in [0.1, 0.15) is 11.8 Å². The smallest absolute Gasteiger partial charge is 0.153 e. The highest BCUT2D eigenvalue weighted by Crippen LogP contribution is 2.36. The summed E-state index contributed by atoms with van der Waals surface area (Å²) in [5, 5.41) is 6.96. The van der Waals surface area contributed by atoms with Gasteiger partial charge in [-0.1, -0.05) is 23.2 Å². The number of rotatable bonds is 1. The molecular weight excluding hydrogens is 329 g/mol. The van der Waals surface area contributed by atoms with E-state index >= 15 is 0 Å². The lowest BCUT2D eigenvalue weighted by Gasteiger charge is -2.28. The first-order valence-electron chi connectivity index (χ1n) is 6.63. The van der Waals surface area contributed by atoms with Crippen LogP contribution in [0, 0.1) is 0 Å². The van der Waals surface area contributed by atoms with Gasteiger partial charge in [0.15, 0.2) is 5.84 Å². The van der Waals surface area contributed by atoms with E-state index in [0.717, 1.165) is 21.6 Å². The van der Waals surface area contributed by atoms with Gasteiger partial charge in [0.25, 0.3) is 0 Å². The molecule has 1 aromatic heterocycles. The van der Waals surface area contributed by atoms with Gasteiger partial charge in [-0.05, 0) is 12.1 Å². The molecule has 4 rings (SSSR count). The molecule has 0 radical (unpaired) electrons. The fourth-order valence-corrected chi connectivity index (χ4v) is 3.39. The molecule has 8 heteroatoms. The molecule has 0 fully saturated rings. The van der Waals surface area contributed by atoms with Crippen LogP contribution in [0.2, 0.25) is 5.02 Å². The maximum Gasteiger partial charge on any atom is 0.153 e. The third-order valence-corrected chi connectivity index (χ3v) is 4.68. The summed E-state index contributed by atoms with van der Waals surface area (Å²) in [7, 11) is 0. The van der Waals surface area contributed by atoms with E-state index in [1.807, 2.05) is 12.1 Å². The second-order valence-electron chi connectivity index (χ2n) is 4.40. The zero-order valence-electron chi connectivity index (χ0n) is 11.5. The van der Waals surface area contributed by atoms with Crippen LogP contribution in [0.3, 0.4) is 0 Å². The van der Waals surface area contributed by atoms with E-state index in [2.05, 4.69) is 20.6 Å². The Balaban J connectivity index is 1.79. The van der Waals surface area contributed by atoms with Crippen molar-refractivity contribution in [2.45, 2.75) is 0 Å². The van der Waals surface area contributed by atoms with Gasteiger partial charge in [0.05, 0.1) is 33.5 Å². The van der Waals surface area contributed by atoms with E-state index < -0.39 is 6.64 Å². The molecule has 5 nitrogen and oxygen atoms in total. The third-order valence-electron chi connectivity index (χ3n) is 3.12. The molecule has 1 atom stereocenters. The Morgan fingerprint density at radius 3 is 3.19 bits per heavy atom. The summed E-state index contributed by atoms with van der Waals surface area (Å²) < 4.78 is 9.12. The topological polar surface area (TPSA) is 52.6 Å². The number of halogens is 2. The number of hydrogen-bond donors (Lipinski definition) is 2. The summed E-state index contributed by atoms with van der Waals surface area (Å²) >= 11 is 13.8. The van der Waals surface area contributed by atoms with E-state index in [0.29, 0.717) is 16.0 Å². The molecule has 0 spiro atoms. The number of thiazole rings is 1. The van der Waals surface area contributed by atoms with E-state index in [4.69, 9.17) is 24.6 Å². The molecular formula is C13H9Cl2N5S. The molecule has 0 amide bonds. The Bertz CT molecular complexity index is 859. The molecule has 0 bridgehead atoms. The summed E-state index contributed by atoms with van der Waals surface area (Å²) in [5.41, 5.74) is 4.05. The highest BCUT2D eigenvalue weighted by atomic mass is 35.5. The Morgan fingerprint density at radius 1 is 1.38 bits per heavy atom. The summed E-state index contributed by atoms with van der Waals surface area (Å²) in [6.45, 7) is -0.849. The van der Waals surface area contributed by atoms with Gasteiger partial charge >= 0.3 is 0 Å². The van der Waals surface area contributed by atoms with Crippen LogP contribution in [0.25, 0.3) is 10.2 Å². The van der Waals surface area contributed by atoms with Crippen molar-refractivity contribution in [3.05, 3.63) is 45.9 Å². The normalized spacial score (nSPS) is 21.6. The quantitative estimate of drug-likeness (QED) is 0.784. The van der Waals surface area contributed by atoms with Crippen molar-refractivity contribution < 1.29 is 1.37 Å². The van der Waals surface area contributed by atoms with Crippen molar-refractivity contribution in [1.29, 1.82) is 0 Å². The van der Waals surface area contributed by atoms with Crippen molar-refractivity contribution in [3.8, 4) is 0 Å². The van der Waals surface area contributed by atoms with Crippen LogP contribution >= 0.6 is 34.5 Å². The number of fused-ring (bicyclic) bond motifs is 2. The molecule has 2 aliphatic rings. The highest BCUT2D eigenvalue weighted by molar-refractivity contribution is 7.17. The largest absolute Gasteiger partial charge is 0.355 e. The fourth-order valence-electron chi connectivity index (χ4n) is 2.13. The van der Waals surface area contributed by atoms with Gasteiger partial charge in [0.2, 0.25) is 0 Å². The first-order valence-corrected chi connectivity index (χ1v) is 7.68. The fraction of sp³-hybridized carbons (Fsp3) is 0.0769. The van der Waals surface area contributed by atoms with E-state index in [-0.39, 0.29) is 0 Å². The SMILES string of the molecule is [2H]C1N=C2NC(Cl)=CNC2=CN1c1ccc2ncsc2c1Cl. The number of aliphatic imine (C=N–C) groups is 1. The van der Waals surface area contributed by atoms with Gasteiger partial charge < -0.3 is 15.5 Å². The van der Waals surface area contributed by atoms with Crippen molar-refractivity contribution in [1.82, 2.24) is 15.6 Å². The molecule has 2 aromatic rings. The van der Waals surface area contributed by atoms with Crippen molar-refractivity contribution in [3.63, 3.8) is 0 Å². The molecule has 0 saturated heterocycles. The molecule has 2 N–H and O–H groups in total. The van der Waals surface area contributed by atoms with Crippen molar-refractivity contribution >= 4 is 56.3 Å². The van der Waals surface area contributed by atoms with E-state index in [1.54, 1.807) is 22.8 Å².